The summed E-state index contributed by atoms with van der Waals surface area (Å²) in [5.74, 6) is -0.223. The Hall–Kier alpha value is -2.41. The highest BCUT2D eigenvalue weighted by Crippen LogP contribution is 2.23. The van der Waals surface area contributed by atoms with Crippen LogP contribution in [-0.2, 0) is 4.79 Å². The molecule has 0 aliphatic rings. The van der Waals surface area contributed by atoms with E-state index in [-0.39, 0.29) is 12.3 Å². The summed E-state index contributed by atoms with van der Waals surface area (Å²) in [5.41, 5.74) is 8.01. The number of aryl methyl sites for hydroxylation is 3. The van der Waals surface area contributed by atoms with Crippen molar-refractivity contribution in [2.75, 3.05) is 5.32 Å². The average molecular weight is 332 g/mol. The molecule has 1 aromatic carbocycles. The van der Waals surface area contributed by atoms with Gasteiger partial charge in [0.05, 0.1) is 18.2 Å². The molecule has 0 radical (unpaired) electrons. The molecule has 0 aliphatic heterocycles. The third-order valence-corrected chi connectivity index (χ3v) is 4.41. The van der Waals surface area contributed by atoms with Crippen LogP contribution in [0.25, 0.3) is 0 Å². The third-order valence-electron chi connectivity index (χ3n) is 3.43. The van der Waals surface area contributed by atoms with E-state index in [4.69, 9.17) is 5.73 Å². The lowest BCUT2D eigenvalue weighted by Gasteiger charge is -2.17. The standard InChI is InChI=1S/C16H20N4O2S/c1-9-5-4-6-12(7-9)13(19-15(17)22)8-14(21)20-16-18-10(2)11(3)23-16/h4-7,13H,8H2,1-3H3,(H3,17,19,22)(H,18,20,21)/t13-/m1/s1. The second-order valence-corrected chi connectivity index (χ2v) is 6.59. The third kappa shape index (κ3) is 4.79. The first-order chi connectivity index (χ1) is 10.8. The summed E-state index contributed by atoms with van der Waals surface area (Å²) in [7, 11) is 0. The molecule has 1 aromatic heterocycles. The van der Waals surface area contributed by atoms with Gasteiger partial charge in [0.25, 0.3) is 0 Å². The SMILES string of the molecule is Cc1cccc([C@@H](CC(=O)Nc2nc(C)c(C)s2)NC(N)=O)c1. The van der Waals surface area contributed by atoms with Gasteiger partial charge in [0.15, 0.2) is 5.13 Å². The van der Waals surface area contributed by atoms with Crippen molar-refractivity contribution < 1.29 is 9.59 Å². The zero-order valence-electron chi connectivity index (χ0n) is 13.3. The van der Waals surface area contributed by atoms with E-state index in [1.54, 1.807) is 0 Å². The number of benzene rings is 1. The number of nitrogens with zero attached hydrogens (tertiary/aromatic N) is 1. The van der Waals surface area contributed by atoms with Crippen LogP contribution in [0.4, 0.5) is 9.93 Å². The molecule has 0 fully saturated rings. The Morgan fingerprint density at radius 2 is 2.04 bits per heavy atom. The van der Waals surface area contributed by atoms with Crippen LogP contribution in [0, 0.1) is 20.8 Å². The Morgan fingerprint density at radius 1 is 1.30 bits per heavy atom. The van der Waals surface area contributed by atoms with E-state index in [1.165, 1.54) is 11.3 Å². The minimum atomic E-state index is -0.662. The van der Waals surface area contributed by atoms with E-state index in [0.29, 0.717) is 5.13 Å². The number of amides is 3. The molecule has 0 bridgehead atoms. The summed E-state index contributed by atoms with van der Waals surface area (Å²) in [6, 6.07) is 6.47. The highest BCUT2D eigenvalue weighted by atomic mass is 32.1. The first-order valence-electron chi connectivity index (χ1n) is 7.21. The van der Waals surface area contributed by atoms with Gasteiger partial charge in [-0.3, -0.25) is 4.79 Å². The number of nitrogens with two attached hydrogens (primary N) is 1. The number of carbonyl (C=O) groups is 2. The highest BCUT2D eigenvalue weighted by Gasteiger charge is 2.18. The molecule has 0 spiro atoms. The van der Waals surface area contributed by atoms with Gasteiger partial charge in [0, 0.05) is 4.88 Å². The number of hydrogen-bond donors (Lipinski definition) is 3. The van der Waals surface area contributed by atoms with Crippen LogP contribution >= 0.6 is 11.3 Å². The Kier molecular flexibility index (Phi) is 5.33. The molecular formula is C16H20N4O2S. The van der Waals surface area contributed by atoms with Crippen LogP contribution < -0.4 is 16.4 Å². The van der Waals surface area contributed by atoms with E-state index in [0.717, 1.165) is 21.7 Å². The number of rotatable bonds is 5. The van der Waals surface area contributed by atoms with Crippen molar-refractivity contribution >= 4 is 28.4 Å². The summed E-state index contributed by atoms with van der Waals surface area (Å²) in [5, 5.41) is 5.95. The minimum Gasteiger partial charge on any atom is -0.352 e. The second kappa shape index (κ2) is 7.23. The van der Waals surface area contributed by atoms with Gasteiger partial charge < -0.3 is 16.4 Å². The zero-order chi connectivity index (χ0) is 17.0. The minimum absolute atomic E-state index is 0.0874. The van der Waals surface area contributed by atoms with Gasteiger partial charge in [-0.15, -0.1) is 11.3 Å². The molecular weight excluding hydrogens is 312 g/mol. The van der Waals surface area contributed by atoms with Gasteiger partial charge in [-0.25, -0.2) is 9.78 Å². The number of anilines is 1. The summed E-state index contributed by atoms with van der Waals surface area (Å²) in [6.07, 6.45) is 0.0874. The molecule has 2 rings (SSSR count). The maximum atomic E-state index is 12.2. The molecule has 6 nitrogen and oxygen atoms in total. The molecule has 0 aliphatic carbocycles. The van der Waals surface area contributed by atoms with Gasteiger partial charge in [-0.1, -0.05) is 29.8 Å². The zero-order valence-corrected chi connectivity index (χ0v) is 14.2. The quantitative estimate of drug-likeness (QED) is 0.785. The van der Waals surface area contributed by atoms with Crippen molar-refractivity contribution in [2.24, 2.45) is 5.73 Å². The topological polar surface area (TPSA) is 97.1 Å². The van der Waals surface area contributed by atoms with E-state index in [9.17, 15) is 9.59 Å². The van der Waals surface area contributed by atoms with Crippen molar-refractivity contribution in [1.29, 1.82) is 0 Å². The predicted octanol–water partition coefficient (Wildman–Crippen LogP) is 2.81. The fraction of sp³-hybridized carbons (Fsp3) is 0.312. The number of thiazole rings is 1. The molecule has 4 N–H and O–H groups in total. The Bertz CT molecular complexity index is 707. The lowest BCUT2D eigenvalue weighted by Crippen LogP contribution is -2.35. The van der Waals surface area contributed by atoms with E-state index in [2.05, 4.69) is 15.6 Å². The Morgan fingerprint density at radius 3 is 2.61 bits per heavy atom. The Balaban J connectivity index is 2.10. The lowest BCUT2D eigenvalue weighted by atomic mass is 10.0. The van der Waals surface area contributed by atoms with Crippen molar-refractivity contribution in [3.63, 3.8) is 0 Å². The molecule has 122 valence electrons. The number of aromatic nitrogens is 1. The number of primary amides is 1. The van der Waals surface area contributed by atoms with E-state index < -0.39 is 12.1 Å². The summed E-state index contributed by atoms with van der Waals surface area (Å²) in [4.78, 5) is 28.8. The smallest absolute Gasteiger partial charge is 0.312 e. The molecule has 3 amide bonds. The monoisotopic (exact) mass is 332 g/mol. The predicted molar refractivity (Wildman–Crippen MR) is 91.5 cm³/mol. The average Bonchev–Trinajstić information content (AvgIpc) is 2.75. The summed E-state index contributed by atoms with van der Waals surface area (Å²) >= 11 is 1.43. The lowest BCUT2D eigenvalue weighted by molar-refractivity contribution is -0.116. The molecule has 2 aromatic rings. The van der Waals surface area contributed by atoms with Crippen molar-refractivity contribution in [2.45, 2.75) is 33.2 Å². The van der Waals surface area contributed by atoms with Crippen LogP contribution in [0.15, 0.2) is 24.3 Å². The normalized spacial score (nSPS) is 11.8. The number of nitrogens with one attached hydrogen (secondary N) is 2. The number of urea groups is 1. The molecule has 1 heterocycles. The number of hydrogen-bond acceptors (Lipinski definition) is 4. The van der Waals surface area contributed by atoms with Gasteiger partial charge in [0.1, 0.15) is 0 Å². The molecule has 23 heavy (non-hydrogen) atoms. The molecule has 0 unspecified atom stereocenters. The largest absolute Gasteiger partial charge is 0.352 e. The van der Waals surface area contributed by atoms with Gasteiger partial charge in [0.2, 0.25) is 5.91 Å². The van der Waals surface area contributed by atoms with Gasteiger partial charge in [-0.2, -0.15) is 0 Å². The van der Waals surface area contributed by atoms with E-state index in [1.807, 2.05) is 45.0 Å². The summed E-state index contributed by atoms with van der Waals surface area (Å²) in [6.45, 7) is 5.80. The fourth-order valence-corrected chi connectivity index (χ4v) is 3.02. The Labute approximate surface area is 139 Å². The molecule has 0 saturated heterocycles. The first kappa shape index (κ1) is 17.0. The van der Waals surface area contributed by atoms with E-state index >= 15 is 0 Å². The maximum Gasteiger partial charge on any atom is 0.312 e. The fourth-order valence-electron chi connectivity index (χ4n) is 2.19. The van der Waals surface area contributed by atoms with Crippen molar-refractivity contribution in [3.8, 4) is 0 Å². The molecule has 0 saturated carbocycles. The molecule has 1 atom stereocenters. The van der Waals surface area contributed by atoms with Crippen LogP contribution in [0.5, 0.6) is 0 Å². The van der Waals surface area contributed by atoms with Crippen LogP contribution in [-0.4, -0.2) is 16.9 Å². The first-order valence-corrected chi connectivity index (χ1v) is 8.03. The van der Waals surface area contributed by atoms with Crippen LogP contribution in [0.1, 0.15) is 34.2 Å². The van der Waals surface area contributed by atoms with Gasteiger partial charge in [-0.05, 0) is 26.3 Å². The molecule has 7 heteroatoms. The van der Waals surface area contributed by atoms with Crippen LogP contribution in [0.2, 0.25) is 0 Å². The second-order valence-electron chi connectivity index (χ2n) is 5.39. The van der Waals surface area contributed by atoms with Crippen molar-refractivity contribution in [3.05, 3.63) is 46.0 Å². The van der Waals surface area contributed by atoms with Crippen molar-refractivity contribution in [1.82, 2.24) is 10.3 Å². The van der Waals surface area contributed by atoms with Crippen LogP contribution in [0.3, 0.4) is 0 Å². The summed E-state index contributed by atoms with van der Waals surface area (Å²) < 4.78 is 0. The number of carbonyl (C=O) groups excluding carboxylic acids is 2. The highest BCUT2D eigenvalue weighted by molar-refractivity contribution is 7.15. The maximum absolute atomic E-state index is 12.2. The van der Waals surface area contributed by atoms with Gasteiger partial charge >= 0.3 is 6.03 Å².